The van der Waals surface area contributed by atoms with Gasteiger partial charge < -0.3 is 14.5 Å². The van der Waals surface area contributed by atoms with E-state index in [0.29, 0.717) is 5.75 Å². The van der Waals surface area contributed by atoms with Gasteiger partial charge in [-0.2, -0.15) is 0 Å². The van der Waals surface area contributed by atoms with Crippen LogP contribution in [0.4, 0.5) is 4.79 Å². The summed E-state index contributed by atoms with van der Waals surface area (Å²) in [5.74, 6) is 0.413. The standard InChI is InChI=1S/C9H8N2O3/c1-13-9(12)14-6-2-3-7-8(4-6)11-5-10-7/h2-5H,1H3,(H,10,11). The van der Waals surface area contributed by atoms with E-state index in [1.54, 1.807) is 24.5 Å². The maximum absolute atomic E-state index is 10.8. The minimum atomic E-state index is -0.736. The lowest BCUT2D eigenvalue weighted by atomic mass is 10.3. The van der Waals surface area contributed by atoms with Gasteiger partial charge in [0.1, 0.15) is 5.75 Å². The molecule has 1 N–H and O–H groups in total. The Morgan fingerprint density at radius 1 is 1.50 bits per heavy atom. The number of benzene rings is 1. The first-order valence-corrected chi connectivity index (χ1v) is 3.98. The molecule has 0 saturated carbocycles. The Bertz CT molecular complexity index is 464. The summed E-state index contributed by atoms with van der Waals surface area (Å²) in [5, 5.41) is 0. The predicted molar refractivity (Wildman–Crippen MR) is 49.1 cm³/mol. The van der Waals surface area contributed by atoms with Gasteiger partial charge in [-0.3, -0.25) is 0 Å². The summed E-state index contributed by atoms with van der Waals surface area (Å²) < 4.78 is 9.18. The zero-order valence-corrected chi connectivity index (χ0v) is 7.48. The third-order valence-corrected chi connectivity index (χ3v) is 1.76. The lowest BCUT2D eigenvalue weighted by Gasteiger charge is -2.01. The highest BCUT2D eigenvalue weighted by Gasteiger charge is 2.04. The number of imidazole rings is 1. The van der Waals surface area contributed by atoms with Gasteiger partial charge in [-0.1, -0.05) is 0 Å². The summed E-state index contributed by atoms with van der Waals surface area (Å²) >= 11 is 0. The molecule has 2 aromatic rings. The van der Waals surface area contributed by atoms with Gasteiger partial charge in [-0.15, -0.1) is 0 Å². The summed E-state index contributed by atoms with van der Waals surface area (Å²) in [7, 11) is 1.26. The SMILES string of the molecule is COC(=O)Oc1ccc2[nH]cnc2c1. The van der Waals surface area contributed by atoms with Crippen LogP contribution in [0, 0.1) is 0 Å². The molecule has 0 bridgehead atoms. The Balaban J connectivity index is 2.30. The van der Waals surface area contributed by atoms with Crippen LogP contribution in [-0.4, -0.2) is 23.2 Å². The lowest BCUT2D eigenvalue weighted by Crippen LogP contribution is -2.06. The molecule has 1 aromatic heterocycles. The highest BCUT2D eigenvalue weighted by molar-refractivity contribution is 5.77. The number of aromatic nitrogens is 2. The molecule has 14 heavy (non-hydrogen) atoms. The summed E-state index contributed by atoms with van der Waals surface area (Å²) in [4.78, 5) is 17.7. The van der Waals surface area contributed by atoms with Crippen LogP contribution < -0.4 is 4.74 Å². The molecule has 0 aliphatic heterocycles. The van der Waals surface area contributed by atoms with E-state index in [1.807, 2.05) is 0 Å². The molecule has 0 atom stereocenters. The number of aromatic amines is 1. The van der Waals surface area contributed by atoms with Gasteiger partial charge in [-0.05, 0) is 12.1 Å². The number of methoxy groups -OCH3 is 1. The lowest BCUT2D eigenvalue weighted by molar-refractivity contribution is 0.121. The second-order valence-electron chi connectivity index (χ2n) is 2.64. The zero-order valence-electron chi connectivity index (χ0n) is 7.48. The Labute approximate surface area is 79.7 Å². The van der Waals surface area contributed by atoms with Crippen molar-refractivity contribution in [1.29, 1.82) is 0 Å². The molecule has 72 valence electrons. The summed E-state index contributed by atoms with van der Waals surface area (Å²) in [6.07, 6.45) is 0.840. The van der Waals surface area contributed by atoms with E-state index in [2.05, 4.69) is 14.7 Å². The first kappa shape index (κ1) is 8.55. The van der Waals surface area contributed by atoms with Crippen molar-refractivity contribution in [1.82, 2.24) is 9.97 Å². The van der Waals surface area contributed by atoms with E-state index in [-0.39, 0.29) is 0 Å². The molecule has 5 nitrogen and oxygen atoms in total. The number of rotatable bonds is 1. The van der Waals surface area contributed by atoms with Crippen LogP contribution >= 0.6 is 0 Å². The van der Waals surface area contributed by atoms with E-state index in [9.17, 15) is 4.79 Å². The normalized spacial score (nSPS) is 10.1. The Morgan fingerprint density at radius 2 is 2.36 bits per heavy atom. The minimum absolute atomic E-state index is 0.413. The molecule has 0 aliphatic carbocycles. The molecule has 0 amide bonds. The minimum Gasteiger partial charge on any atom is -0.437 e. The maximum Gasteiger partial charge on any atom is 0.513 e. The molecular formula is C9H8N2O3. The number of carbonyl (C=O) groups is 1. The zero-order chi connectivity index (χ0) is 9.97. The number of nitrogens with zero attached hydrogens (tertiary/aromatic N) is 1. The van der Waals surface area contributed by atoms with Gasteiger partial charge in [0.05, 0.1) is 24.5 Å². The number of carbonyl (C=O) groups excluding carboxylic acids is 1. The van der Waals surface area contributed by atoms with Crippen LogP contribution in [-0.2, 0) is 4.74 Å². The molecule has 0 saturated heterocycles. The summed E-state index contributed by atoms with van der Waals surface area (Å²) in [6.45, 7) is 0. The van der Waals surface area contributed by atoms with Gasteiger partial charge in [0, 0.05) is 6.07 Å². The van der Waals surface area contributed by atoms with Crippen molar-refractivity contribution >= 4 is 17.2 Å². The molecule has 0 radical (unpaired) electrons. The number of H-pyrrole nitrogens is 1. The number of hydrogen-bond donors (Lipinski definition) is 1. The molecule has 0 aliphatic rings. The molecule has 0 unspecified atom stereocenters. The second kappa shape index (κ2) is 3.37. The van der Waals surface area contributed by atoms with Crippen molar-refractivity contribution in [2.45, 2.75) is 0 Å². The number of hydrogen-bond acceptors (Lipinski definition) is 4. The third kappa shape index (κ3) is 1.52. The number of ether oxygens (including phenoxy) is 2. The first-order chi connectivity index (χ1) is 6.79. The van der Waals surface area contributed by atoms with Crippen LogP contribution in [0.2, 0.25) is 0 Å². The fourth-order valence-electron chi connectivity index (χ4n) is 1.11. The van der Waals surface area contributed by atoms with Crippen LogP contribution in [0.5, 0.6) is 5.75 Å². The average Bonchev–Trinajstić information content (AvgIpc) is 2.64. The van der Waals surface area contributed by atoms with Crippen molar-refractivity contribution in [2.24, 2.45) is 0 Å². The molecular weight excluding hydrogens is 184 g/mol. The van der Waals surface area contributed by atoms with Crippen molar-refractivity contribution < 1.29 is 14.3 Å². The monoisotopic (exact) mass is 192 g/mol. The van der Waals surface area contributed by atoms with E-state index >= 15 is 0 Å². The van der Waals surface area contributed by atoms with E-state index in [4.69, 9.17) is 4.74 Å². The Hall–Kier alpha value is -2.04. The fraction of sp³-hybridized carbons (Fsp3) is 0.111. The van der Waals surface area contributed by atoms with Gasteiger partial charge in [0.2, 0.25) is 0 Å². The van der Waals surface area contributed by atoms with Crippen molar-refractivity contribution in [3.63, 3.8) is 0 Å². The third-order valence-electron chi connectivity index (χ3n) is 1.76. The molecule has 1 aromatic carbocycles. The number of fused-ring (bicyclic) bond motifs is 1. The quantitative estimate of drug-likeness (QED) is 0.551. The van der Waals surface area contributed by atoms with Crippen molar-refractivity contribution in [2.75, 3.05) is 7.11 Å². The highest BCUT2D eigenvalue weighted by atomic mass is 16.7. The maximum atomic E-state index is 10.8. The van der Waals surface area contributed by atoms with E-state index < -0.39 is 6.16 Å². The van der Waals surface area contributed by atoms with E-state index in [1.165, 1.54) is 7.11 Å². The van der Waals surface area contributed by atoms with Crippen molar-refractivity contribution in [3.8, 4) is 5.75 Å². The van der Waals surface area contributed by atoms with Gasteiger partial charge >= 0.3 is 6.16 Å². The van der Waals surface area contributed by atoms with Crippen LogP contribution in [0.3, 0.4) is 0 Å². The molecule has 0 fully saturated rings. The Morgan fingerprint density at radius 3 is 3.14 bits per heavy atom. The second-order valence-corrected chi connectivity index (χ2v) is 2.64. The molecule has 0 spiro atoms. The smallest absolute Gasteiger partial charge is 0.437 e. The molecule has 2 rings (SSSR count). The topological polar surface area (TPSA) is 64.2 Å². The van der Waals surface area contributed by atoms with Crippen LogP contribution in [0.1, 0.15) is 0 Å². The van der Waals surface area contributed by atoms with Gasteiger partial charge in [0.25, 0.3) is 0 Å². The average molecular weight is 192 g/mol. The largest absolute Gasteiger partial charge is 0.513 e. The van der Waals surface area contributed by atoms with Crippen LogP contribution in [0.25, 0.3) is 11.0 Å². The predicted octanol–water partition coefficient (Wildman–Crippen LogP) is 1.71. The first-order valence-electron chi connectivity index (χ1n) is 3.98. The van der Waals surface area contributed by atoms with Crippen LogP contribution in [0.15, 0.2) is 24.5 Å². The molecule has 5 heteroatoms. The van der Waals surface area contributed by atoms with Gasteiger partial charge in [-0.25, -0.2) is 9.78 Å². The van der Waals surface area contributed by atoms with Crippen molar-refractivity contribution in [3.05, 3.63) is 24.5 Å². The number of nitrogens with one attached hydrogen (secondary N) is 1. The van der Waals surface area contributed by atoms with E-state index in [0.717, 1.165) is 11.0 Å². The molecule has 1 heterocycles. The Kier molecular flexibility index (Phi) is 2.06. The fourth-order valence-corrected chi connectivity index (χ4v) is 1.11. The highest BCUT2D eigenvalue weighted by Crippen LogP contribution is 2.17. The van der Waals surface area contributed by atoms with Gasteiger partial charge in [0.15, 0.2) is 0 Å². The summed E-state index contributed by atoms with van der Waals surface area (Å²) in [5.41, 5.74) is 1.63. The summed E-state index contributed by atoms with van der Waals surface area (Å²) in [6, 6.07) is 5.10.